The summed E-state index contributed by atoms with van der Waals surface area (Å²) in [7, 11) is 0. The standard InChI is InChI=1S/C28H36FN11O/c1-3-39-26(32-34-36-39)22-16-23(27-33-35-37-40(27)4-2)18-25(17-22)31-28(41)30-12-6-14-38-13-5-7-21(19-38)15-20-8-10-24(29)11-9-20/h8-11,16-18,21H,3-7,12-15,19H2,1-2H3,(H2,30,31,41)/t21-/m0/s1. The molecule has 1 aliphatic rings. The first-order valence-corrected chi connectivity index (χ1v) is 14.2. The van der Waals surface area contributed by atoms with E-state index in [0.717, 1.165) is 50.0 Å². The van der Waals surface area contributed by atoms with Crippen LogP contribution in [0.4, 0.5) is 14.9 Å². The molecule has 0 aliphatic carbocycles. The minimum atomic E-state index is -0.286. The van der Waals surface area contributed by atoms with Crippen molar-refractivity contribution >= 4 is 11.7 Å². The lowest BCUT2D eigenvalue weighted by atomic mass is 9.91. The molecule has 41 heavy (non-hydrogen) atoms. The fourth-order valence-corrected chi connectivity index (χ4v) is 5.36. The van der Waals surface area contributed by atoms with E-state index in [-0.39, 0.29) is 11.8 Å². The number of benzene rings is 2. The molecule has 216 valence electrons. The highest BCUT2D eigenvalue weighted by atomic mass is 19.1. The van der Waals surface area contributed by atoms with Gasteiger partial charge < -0.3 is 15.5 Å². The van der Waals surface area contributed by atoms with Crippen LogP contribution in [0.15, 0.2) is 42.5 Å². The van der Waals surface area contributed by atoms with Crippen molar-refractivity contribution in [1.82, 2.24) is 50.6 Å². The number of piperidine rings is 1. The van der Waals surface area contributed by atoms with Gasteiger partial charge in [0.2, 0.25) is 0 Å². The number of amides is 2. The number of nitrogens with one attached hydrogen (secondary N) is 2. The molecule has 12 nitrogen and oxygen atoms in total. The molecule has 3 heterocycles. The minimum absolute atomic E-state index is 0.194. The second-order valence-electron chi connectivity index (χ2n) is 10.3. The summed E-state index contributed by atoms with van der Waals surface area (Å²) in [5.41, 5.74) is 3.26. The van der Waals surface area contributed by atoms with Crippen molar-refractivity contribution in [2.45, 2.75) is 52.6 Å². The van der Waals surface area contributed by atoms with Gasteiger partial charge in [0.05, 0.1) is 0 Å². The summed E-state index contributed by atoms with van der Waals surface area (Å²) < 4.78 is 16.6. The topological polar surface area (TPSA) is 132 Å². The van der Waals surface area contributed by atoms with E-state index in [1.54, 1.807) is 9.36 Å². The lowest BCUT2D eigenvalue weighted by Crippen LogP contribution is -2.38. The molecule has 0 saturated carbocycles. The van der Waals surface area contributed by atoms with Crippen molar-refractivity contribution in [3.05, 3.63) is 53.8 Å². The maximum absolute atomic E-state index is 13.2. The number of hydrogen-bond donors (Lipinski definition) is 2. The molecule has 2 aromatic heterocycles. The van der Waals surface area contributed by atoms with Gasteiger partial charge >= 0.3 is 6.03 Å². The van der Waals surface area contributed by atoms with Crippen molar-refractivity contribution in [2.75, 3.05) is 31.5 Å². The number of halogens is 1. The van der Waals surface area contributed by atoms with Gasteiger partial charge in [0, 0.05) is 43.0 Å². The van der Waals surface area contributed by atoms with Crippen molar-refractivity contribution in [3.63, 3.8) is 0 Å². The Hall–Kier alpha value is -4.26. The van der Waals surface area contributed by atoms with E-state index in [4.69, 9.17) is 0 Å². The van der Waals surface area contributed by atoms with Crippen LogP contribution >= 0.6 is 0 Å². The van der Waals surface area contributed by atoms with Crippen LogP contribution < -0.4 is 10.6 Å². The predicted octanol–water partition coefficient (Wildman–Crippen LogP) is 3.64. The minimum Gasteiger partial charge on any atom is -0.338 e. The predicted molar refractivity (Wildman–Crippen MR) is 152 cm³/mol. The molecule has 2 amide bonds. The van der Waals surface area contributed by atoms with Gasteiger partial charge in [0.15, 0.2) is 11.6 Å². The smallest absolute Gasteiger partial charge is 0.319 e. The van der Waals surface area contributed by atoms with Gasteiger partial charge in [-0.2, -0.15) is 0 Å². The summed E-state index contributed by atoms with van der Waals surface area (Å²) in [6.45, 7) is 8.69. The number of hydrogen-bond acceptors (Lipinski definition) is 8. The van der Waals surface area contributed by atoms with Crippen molar-refractivity contribution in [2.24, 2.45) is 5.92 Å². The highest BCUT2D eigenvalue weighted by Gasteiger charge is 2.20. The second-order valence-corrected chi connectivity index (χ2v) is 10.3. The van der Waals surface area contributed by atoms with Gasteiger partial charge in [-0.1, -0.05) is 12.1 Å². The molecular formula is C28H36FN11O. The number of likely N-dealkylation sites (tertiary alicyclic amines) is 1. The monoisotopic (exact) mass is 561 g/mol. The number of tetrazole rings is 2. The summed E-state index contributed by atoms with van der Waals surface area (Å²) in [6, 6.07) is 12.1. The third kappa shape index (κ3) is 7.28. The van der Waals surface area contributed by atoms with E-state index in [2.05, 4.69) is 46.6 Å². The molecule has 1 saturated heterocycles. The average molecular weight is 562 g/mol. The molecule has 2 aromatic carbocycles. The molecule has 4 aromatic rings. The molecule has 0 spiro atoms. The van der Waals surface area contributed by atoms with Gasteiger partial charge in [-0.25, -0.2) is 18.5 Å². The van der Waals surface area contributed by atoms with Crippen LogP contribution in [0, 0.1) is 11.7 Å². The van der Waals surface area contributed by atoms with Gasteiger partial charge in [-0.05, 0) is 115 Å². The van der Waals surface area contributed by atoms with Gasteiger partial charge in [-0.3, -0.25) is 0 Å². The Labute approximate surface area is 238 Å². The van der Waals surface area contributed by atoms with Gasteiger partial charge in [-0.15, -0.1) is 10.2 Å². The molecule has 0 unspecified atom stereocenters. The van der Waals surface area contributed by atoms with Crippen LogP contribution in [0.5, 0.6) is 0 Å². The molecule has 5 rings (SSSR count). The zero-order valence-electron chi connectivity index (χ0n) is 23.5. The zero-order chi connectivity index (χ0) is 28.6. The van der Waals surface area contributed by atoms with Crippen molar-refractivity contribution in [1.29, 1.82) is 0 Å². The largest absolute Gasteiger partial charge is 0.338 e. The number of aryl methyl sites for hydroxylation is 2. The number of carbonyl (C=O) groups excluding carboxylic acids is 1. The molecular weight excluding hydrogens is 525 g/mol. The van der Waals surface area contributed by atoms with Crippen LogP contribution in [0.3, 0.4) is 0 Å². The zero-order valence-corrected chi connectivity index (χ0v) is 23.5. The number of anilines is 1. The Kier molecular flexibility index (Phi) is 9.24. The van der Waals surface area contributed by atoms with E-state index < -0.39 is 0 Å². The first kappa shape index (κ1) is 28.3. The Morgan fingerprint density at radius 1 is 0.976 bits per heavy atom. The molecule has 2 N–H and O–H groups in total. The highest BCUT2D eigenvalue weighted by molar-refractivity contribution is 5.91. The summed E-state index contributed by atoms with van der Waals surface area (Å²) in [5.74, 6) is 1.55. The van der Waals surface area contributed by atoms with Gasteiger partial charge in [0.1, 0.15) is 5.82 Å². The quantitative estimate of drug-likeness (QED) is 0.265. The van der Waals surface area contributed by atoms with Gasteiger partial charge in [0.25, 0.3) is 0 Å². The van der Waals surface area contributed by atoms with Crippen LogP contribution in [0.1, 0.15) is 38.7 Å². The summed E-state index contributed by atoms with van der Waals surface area (Å²) in [4.78, 5) is 15.3. The molecule has 1 fully saturated rings. The molecule has 13 heteroatoms. The number of nitrogens with zero attached hydrogens (tertiary/aromatic N) is 9. The number of aromatic nitrogens is 8. The fourth-order valence-electron chi connectivity index (χ4n) is 5.36. The van der Waals surface area contributed by atoms with E-state index in [0.29, 0.717) is 42.9 Å². The lowest BCUT2D eigenvalue weighted by molar-refractivity contribution is 0.172. The van der Waals surface area contributed by atoms with Crippen molar-refractivity contribution in [3.8, 4) is 22.8 Å². The molecule has 1 atom stereocenters. The lowest BCUT2D eigenvalue weighted by Gasteiger charge is -2.32. The highest BCUT2D eigenvalue weighted by Crippen LogP contribution is 2.28. The third-order valence-electron chi connectivity index (χ3n) is 7.35. The Balaban J connectivity index is 1.16. The third-order valence-corrected chi connectivity index (χ3v) is 7.35. The number of urea groups is 1. The number of rotatable bonds is 11. The Morgan fingerprint density at radius 3 is 2.27 bits per heavy atom. The number of carbonyl (C=O) groups is 1. The summed E-state index contributed by atoms with van der Waals surface area (Å²) in [6.07, 6.45) is 4.15. The van der Waals surface area contributed by atoms with Crippen LogP contribution in [0.2, 0.25) is 0 Å². The normalized spacial score (nSPS) is 15.6. The first-order valence-electron chi connectivity index (χ1n) is 14.2. The summed E-state index contributed by atoms with van der Waals surface area (Å²) in [5, 5.41) is 30.0. The molecule has 0 bridgehead atoms. The van der Waals surface area contributed by atoms with E-state index in [1.807, 2.05) is 44.2 Å². The van der Waals surface area contributed by atoms with Crippen LogP contribution in [0.25, 0.3) is 22.8 Å². The Bertz CT molecular complexity index is 1370. The van der Waals surface area contributed by atoms with E-state index in [9.17, 15) is 9.18 Å². The van der Waals surface area contributed by atoms with Crippen LogP contribution in [-0.4, -0.2) is 77.5 Å². The maximum atomic E-state index is 13.2. The first-order chi connectivity index (χ1) is 20.0. The fraction of sp³-hybridized carbons (Fsp3) is 0.464. The SMILES string of the molecule is CCn1nnnc1-c1cc(NC(=O)NCCCN2CCC[C@@H](Cc3ccc(F)cc3)C2)cc(-c2nnnn2CC)c1. The molecule has 0 radical (unpaired) electrons. The molecule has 1 aliphatic heterocycles. The second kappa shape index (κ2) is 13.4. The van der Waals surface area contributed by atoms with Crippen molar-refractivity contribution < 1.29 is 9.18 Å². The maximum Gasteiger partial charge on any atom is 0.319 e. The average Bonchev–Trinajstić information content (AvgIpc) is 3.66. The summed E-state index contributed by atoms with van der Waals surface area (Å²) >= 11 is 0. The van der Waals surface area contributed by atoms with E-state index in [1.165, 1.54) is 24.1 Å². The van der Waals surface area contributed by atoms with E-state index >= 15 is 0 Å². The Morgan fingerprint density at radius 2 is 1.63 bits per heavy atom. The van der Waals surface area contributed by atoms with Crippen LogP contribution in [-0.2, 0) is 19.5 Å².